The number of likely N-dealkylation sites (tertiary alicyclic amines) is 1. The molecule has 1 amide bonds. The molecule has 2 rings (SSSR count). The summed E-state index contributed by atoms with van der Waals surface area (Å²) in [6.45, 7) is 6.26. The van der Waals surface area contributed by atoms with Crippen molar-refractivity contribution in [3.8, 4) is 0 Å². The Kier molecular flexibility index (Phi) is 5.11. The van der Waals surface area contributed by atoms with Crippen LogP contribution >= 0.6 is 0 Å². The van der Waals surface area contributed by atoms with Crippen molar-refractivity contribution in [2.45, 2.75) is 32.4 Å². The second-order valence-corrected chi connectivity index (χ2v) is 5.23. The normalized spacial score (nSPS) is 17.6. The van der Waals surface area contributed by atoms with E-state index < -0.39 is 5.91 Å². The molecule has 1 fully saturated rings. The molecule has 0 unspecified atom stereocenters. The molecule has 0 bridgehead atoms. The van der Waals surface area contributed by atoms with Gasteiger partial charge >= 0.3 is 0 Å². The van der Waals surface area contributed by atoms with Crippen LogP contribution in [-0.4, -0.2) is 53.6 Å². The van der Waals surface area contributed by atoms with Crippen molar-refractivity contribution in [3.63, 3.8) is 0 Å². The molecular formula is C13H23N5O2. The van der Waals surface area contributed by atoms with Gasteiger partial charge in [0.15, 0.2) is 11.5 Å². The Balaban J connectivity index is 1.86. The second kappa shape index (κ2) is 6.83. The summed E-state index contributed by atoms with van der Waals surface area (Å²) in [5.41, 5.74) is 2.26. The SMILES string of the molecule is CCN1CCC(N(C)Cc2cc(C(=O)NN)no2)CC1. The lowest BCUT2D eigenvalue weighted by molar-refractivity contribution is 0.0944. The number of nitrogen functional groups attached to an aromatic ring is 1. The monoisotopic (exact) mass is 281 g/mol. The van der Waals surface area contributed by atoms with Crippen LogP contribution in [0, 0.1) is 0 Å². The minimum absolute atomic E-state index is 0.219. The summed E-state index contributed by atoms with van der Waals surface area (Å²) in [4.78, 5) is 16.0. The van der Waals surface area contributed by atoms with E-state index in [2.05, 4.69) is 28.9 Å². The summed E-state index contributed by atoms with van der Waals surface area (Å²) in [7, 11) is 2.08. The summed E-state index contributed by atoms with van der Waals surface area (Å²) in [5, 5.41) is 3.71. The van der Waals surface area contributed by atoms with Crippen molar-refractivity contribution in [2.24, 2.45) is 5.84 Å². The van der Waals surface area contributed by atoms with Crippen LogP contribution in [0.25, 0.3) is 0 Å². The molecule has 0 radical (unpaired) electrons. The van der Waals surface area contributed by atoms with Crippen LogP contribution in [0.2, 0.25) is 0 Å². The molecule has 0 spiro atoms. The number of carbonyl (C=O) groups is 1. The van der Waals surface area contributed by atoms with E-state index in [4.69, 9.17) is 10.4 Å². The molecular weight excluding hydrogens is 258 g/mol. The Bertz CT molecular complexity index is 440. The van der Waals surface area contributed by atoms with Crippen molar-refractivity contribution in [2.75, 3.05) is 26.7 Å². The van der Waals surface area contributed by atoms with Gasteiger partial charge in [-0.25, -0.2) is 5.84 Å². The van der Waals surface area contributed by atoms with E-state index in [1.165, 1.54) is 0 Å². The number of amides is 1. The summed E-state index contributed by atoms with van der Waals surface area (Å²) in [5.74, 6) is 5.31. The van der Waals surface area contributed by atoms with Crippen molar-refractivity contribution < 1.29 is 9.32 Å². The minimum Gasteiger partial charge on any atom is -0.359 e. The Hall–Kier alpha value is -1.44. The van der Waals surface area contributed by atoms with Crippen molar-refractivity contribution in [1.29, 1.82) is 0 Å². The van der Waals surface area contributed by atoms with Gasteiger partial charge in [0.25, 0.3) is 5.91 Å². The smallest absolute Gasteiger partial charge is 0.287 e. The van der Waals surface area contributed by atoms with Gasteiger partial charge in [0, 0.05) is 12.1 Å². The maximum atomic E-state index is 11.3. The highest BCUT2D eigenvalue weighted by molar-refractivity contribution is 5.91. The number of nitrogens with one attached hydrogen (secondary N) is 1. The molecule has 7 nitrogen and oxygen atoms in total. The lowest BCUT2D eigenvalue weighted by Crippen LogP contribution is -2.42. The van der Waals surface area contributed by atoms with Crippen LogP contribution in [-0.2, 0) is 6.54 Å². The largest absolute Gasteiger partial charge is 0.359 e. The number of carbonyl (C=O) groups excluding carboxylic acids is 1. The van der Waals surface area contributed by atoms with Crippen LogP contribution in [0.4, 0.5) is 0 Å². The Morgan fingerprint density at radius 2 is 2.30 bits per heavy atom. The molecule has 1 aromatic heterocycles. The van der Waals surface area contributed by atoms with Gasteiger partial charge in [-0.3, -0.25) is 15.1 Å². The van der Waals surface area contributed by atoms with E-state index in [0.29, 0.717) is 18.3 Å². The van der Waals surface area contributed by atoms with Gasteiger partial charge in [-0.05, 0) is 39.5 Å². The lowest BCUT2D eigenvalue weighted by atomic mass is 10.0. The van der Waals surface area contributed by atoms with Gasteiger partial charge in [-0.1, -0.05) is 12.1 Å². The first-order valence-corrected chi connectivity index (χ1v) is 7.03. The Labute approximate surface area is 119 Å². The lowest BCUT2D eigenvalue weighted by Gasteiger charge is -2.35. The molecule has 1 aromatic rings. The van der Waals surface area contributed by atoms with Crippen molar-refractivity contribution in [3.05, 3.63) is 17.5 Å². The van der Waals surface area contributed by atoms with Crippen LogP contribution in [0.5, 0.6) is 0 Å². The van der Waals surface area contributed by atoms with Crippen molar-refractivity contribution >= 4 is 5.91 Å². The van der Waals surface area contributed by atoms with Gasteiger partial charge < -0.3 is 9.42 Å². The fourth-order valence-electron chi connectivity index (χ4n) is 2.62. The third-order valence-electron chi connectivity index (χ3n) is 3.96. The summed E-state index contributed by atoms with van der Waals surface area (Å²) in [6, 6.07) is 2.19. The highest BCUT2D eigenvalue weighted by Crippen LogP contribution is 2.17. The Morgan fingerprint density at radius 3 is 2.90 bits per heavy atom. The van der Waals surface area contributed by atoms with Crippen LogP contribution in [0.3, 0.4) is 0 Å². The minimum atomic E-state index is -0.432. The fraction of sp³-hybridized carbons (Fsp3) is 0.692. The quantitative estimate of drug-likeness (QED) is 0.455. The maximum Gasteiger partial charge on any atom is 0.287 e. The standard InChI is InChI=1S/C13H23N5O2/c1-3-18-6-4-10(5-7-18)17(2)9-11-8-12(16-20-11)13(19)15-14/h8,10H,3-7,9,14H2,1-2H3,(H,15,19). The summed E-state index contributed by atoms with van der Waals surface area (Å²) < 4.78 is 5.17. The summed E-state index contributed by atoms with van der Waals surface area (Å²) in [6.07, 6.45) is 2.32. The van der Waals surface area contributed by atoms with Crippen LogP contribution in [0.15, 0.2) is 10.6 Å². The average molecular weight is 281 g/mol. The number of rotatable bonds is 5. The first-order valence-electron chi connectivity index (χ1n) is 7.03. The van der Waals surface area contributed by atoms with Gasteiger partial charge in [-0.2, -0.15) is 0 Å². The van der Waals surface area contributed by atoms with E-state index in [-0.39, 0.29) is 5.69 Å². The van der Waals surface area contributed by atoms with Crippen molar-refractivity contribution in [1.82, 2.24) is 20.4 Å². The number of piperidine rings is 1. The predicted octanol–water partition coefficient (Wildman–Crippen LogP) is 0.194. The number of nitrogens with two attached hydrogens (primary N) is 1. The molecule has 1 saturated heterocycles. The molecule has 112 valence electrons. The molecule has 2 heterocycles. The molecule has 1 aliphatic heterocycles. The van der Waals surface area contributed by atoms with Gasteiger partial charge in [0.1, 0.15) is 0 Å². The number of nitrogens with zero attached hydrogens (tertiary/aromatic N) is 3. The third kappa shape index (κ3) is 3.56. The zero-order valence-corrected chi connectivity index (χ0v) is 12.1. The van der Waals surface area contributed by atoms with Crippen LogP contribution < -0.4 is 11.3 Å². The highest BCUT2D eigenvalue weighted by atomic mass is 16.5. The van der Waals surface area contributed by atoms with E-state index >= 15 is 0 Å². The Morgan fingerprint density at radius 1 is 1.60 bits per heavy atom. The van der Waals surface area contributed by atoms with Gasteiger partial charge in [0.05, 0.1) is 6.54 Å². The summed E-state index contributed by atoms with van der Waals surface area (Å²) >= 11 is 0. The molecule has 0 saturated carbocycles. The fourth-order valence-corrected chi connectivity index (χ4v) is 2.62. The first kappa shape index (κ1) is 15.0. The van der Waals surface area contributed by atoms with E-state index in [0.717, 1.165) is 32.5 Å². The molecule has 7 heteroatoms. The molecule has 0 aromatic carbocycles. The molecule has 20 heavy (non-hydrogen) atoms. The topological polar surface area (TPSA) is 87.6 Å². The van der Waals surface area contributed by atoms with Gasteiger partial charge in [0.2, 0.25) is 0 Å². The van der Waals surface area contributed by atoms with E-state index in [1.54, 1.807) is 6.07 Å². The number of hydrogen-bond donors (Lipinski definition) is 2. The molecule has 0 aliphatic carbocycles. The van der Waals surface area contributed by atoms with E-state index in [9.17, 15) is 4.79 Å². The second-order valence-electron chi connectivity index (χ2n) is 5.23. The predicted molar refractivity (Wildman–Crippen MR) is 74.8 cm³/mol. The maximum absolute atomic E-state index is 11.3. The zero-order valence-electron chi connectivity index (χ0n) is 12.1. The number of aromatic nitrogens is 1. The molecule has 1 aliphatic rings. The first-order chi connectivity index (χ1) is 9.63. The molecule has 3 N–H and O–H groups in total. The van der Waals surface area contributed by atoms with Gasteiger partial charge in [-0.15, -0.1) is 0 Å². The highest BCUT2D eigenvalue weighted by Gasteiger charge is 2.22. The molecule has 0 atom stereocenters. The number of hydrogen-bond acceptors (Lipinski definition) is 6. The van der Waals surface area contributed by atoms with E-state index in [1.807, 2.05) is 5.43 Å². The zero-order chi connectivity index (χ0) is 14.5. The third-order valence-corrected chi connectivity index (χ3v) is 3.96. The van der Waals surface area contributed by atoms with Crippen LogP contribution in [0.1, 0.15) is 36.0 Å². The number of hydrazine groups is 1. The average Bonchev–Trinajstić information content (AvgIpc) is 2.95.